The van der Waals surface area contributed by atoms with Crippen molar-refractivity contribution in [1.82, 2.24) is 9.78 Å². The van der Waals surface area contributed by atoms with E-state index in [0.29, 0.717) is 5.56 Å². The first-order valence-electron chi connectivity index (χ1n) is 6.88. The molecule has 0 bridgehead atoms. The van der Waals surface area contributed by atoms with E-state index in [1.54, 1.807) is 0 Å². The van der Waals surface area contributed by atoms with Crippen LogP contribution in [0.2, 0.25) is 0 Å². The van der Waals surface area contributed by atoms with Crippen LogP contribution in [-0.2, 0) is 0 Å². The zero-order valence-corrected chi connectivity index (χ0v) is 12.1. The van der Waals surface area contributed by atoms with Crippen molar-refractivity contribution >= 4 is 6.29 Å². The molecule has 0 spiro atoms. The molecule has 0 atom stereocenters. The third-order valence-electron chi connectivity index (χ3n) is 3.60. The lowest BCUT2D eigenvalue weighted by Crippen LogP contribution is -1.98. The fourth-order valence-electron chi connectivity index (χ4n) is 2.65. The van der Waals surface area contributed by atoms with Crippen LogP contribution < -0.4 is 0 Å². The van der Waals surface area contributed by atoms with E-state index >= 15 is 0 Å². The van der Waals surface area contributed by atoms with Gasteiger partial charge in [0.05, 0.1) is 11.4 Å². The molecule has 3 heteroatoms. The van der Waals surface area contributed by atoms with Gasteiger partial charge in [0.25, 0.3) is 0 Å². The molecule has 0 aliphatic rings. The maximum atomic E-state index is 11.0. The molecule has 3 aromatic rings. The van der Waals surface area contributed by atoms with Crippen molar-refractivity contribution in [2.75, 3.05) is 0 Å². The van der Waals surface area contributed by atoms with Crippen LogP contribution in [0.4, 0.5) is 0 Å². The molecule has 104 valence electrons. The summed E-state index contributed by atoms with van der Waals surface area (Å²) >= 11 is 0. The van der Waals surface area contributed by atoms with E-state index in [-0.39, 0.29) is 0 Å². The number of hydrogen-bond acceptors (Lipinski definition) is 2. The second kappa shape index (κ2) is 5.37. The van der Waals surface area contributed by atoms with Crippen molar-refractivity contribution in [1.29, 1.82) is 0 Å². The van der Waals surface area contributed by atoms with Gasteiger partial charge < -0.3 is 0 Å². The van der Waals surface area contributed by atoms with Crippen LogP contribution in [-0.4, -0.2) is 16.1 Å². The van der Waals surface area contributed by atoms with Crippen LogP contribution in [0, 0.1) is 13.8 Å². The van der Waals surface area contributed by atoms with Gasteiger partial charge in [-0.3, -0.25) is 4.79 Å². The minimum absolute atomic E-state index is 0.679. The smallest absolute Gasteiger partial charge is 0.150 e. The molecule has 0 unspecified atom stereocenters. The van der Waals surface area contributed by atoms with Crippen molar-refractivity contribution in [3.8, 4) is 16.8 Å². The highest BCUT2D eigenvalue weighted by Gasteiger charge is 2.14. The normalized spacial score (nSPS) is 10.6. The Hall–Kier alpha value is -2.68. The highest BCUT2D eigenvalue weighted by molar-refractivity contribution is 5.80. The van der Waals surface area contributed by atoms with Gasteiger partial charge >= 0.3 is 0 Å². The number of aromatic nitrogens is 2. The van der Waals surface area contributed by atoms with Crippen molar-refractivity contribution in [2.24, 2.45) is 0 Å². The van der Waals surface area contributed by atoms with Crippen LogP contribution in [0.1, 0.15) is 21.7 Å². The molecule has 0 fully saturated rings. The van der Waals surface area contributed by atoms with Crippen LogP contribution in [0.25, 0.3) is 16.8 Å². The SMILES string of the molecule is Cc1nn(-c2ccccc2)c(C)c1-c1cccc(C=O)c1. The Kier molecular flexibility index (Phi) is 3.40. The minimum Gasteiger partial charge on any atom is -0.298 e. The van der Waals surface area contributed by atoms with Crippen molar-refractivity contribution in [3.05, 3.63) is 71.5 Å². The molecule has 0 saturated carbocycles. The number of carbonyl (C=O) groups is 1. The number of hydrogen-bond donors (Lipinski definition) is 0. The van der Waals surface area contributed by atoms with Crippen LogP contribution in [0.15, 0.2) is 54.6 Å². The first-order chi connectivity index (χ1) is 10.2. The van der Waals surface area contributed by atoms with Crippen molar-refractivity contribution in [3.63, 3.8) is 0 Å². The van der Waals surface area contributed by atoms with Gasteiger partial charge in [0.15, 0.2) is 0 Å². The first-order valence-corrected chi connectivity index (χ1v) is 6.88. The molecule has 2 aromatic carbocycles. The molecule has 1 heterocycles. The van der Waals surface area contributed by atoms with Crippen LogP contribution >= 0.6 is 0 Å². The Morgan fingerprint density at radius 1 is 1.00 bits per heavy atom. The van der Waals surface area contributed by atoms with E-state index in [0.717, 1.165) is 34.5 Å². The van der Waals surface area contributed by atoms with Gasteiger partial charge in [0, 0.05) is 16.8 Å². The first kappa shape index (κ1) is 13.3. The van der Waals surface area contributed by atoms with Gasteiger partial charge in [-0.15, -0.1) is 0 Å². The van der Waals surface area contributed by atoms with Gasteiger partial charge in [-0.2, -0.15) is 5.10 Å². The molecular formula is C18H16N2O. The zero-order valence-electron chi connectivity index (χ0n) is 12.1. The van der Waals surface area contributed by atoms with Crippen LogP contribution in [0.5, 0.6) is 0 Å². The van der Waals surface area contributed by atoms with Crippen LogP contribution in [0.3, 0.4) is 0 Å². The van der Waals surface area contributed by atoms with E-state index in [2.05, 4.69) is 12.0 Å². The zero-order chi connectivity index (χ0) is 14.8. The van der Waals surface area contributed by atoms with E-state index in [1.807, 2.05) is 66.2 Å². The predicted octanol–water partition coefficient (Wildman–Crippen LogP) is 3.97. The molecule has 0 aliphatic heterocycles. The van der Waals surface area contributed by atoms with E-state index in [4.69, 9.17) is 0 Å². The third kappa shape index (κ3) is 2.38. The topological polar surface area (TPSA) is 34.9 Å². The Balaban J connectivity index is 2.16. The fraction of sp³-hybridized carbons (Fsp3) is 0.111. The number of aldehydes is 1. The fourth-order valence-corrected chi connectivity index (χ4v) is 2.65. The second-order valence-corrected chi connectivity index (χ2v) is 5.04. The average Bonchev–Trinajstić information content (AvgIpc) is 2.83. The number of rotatable bonds is 3. The lowest BCUT2D eigenvalue weighted by atomic mass is 10.0. The molecule has 0 aliphatic carbocycles. The van der Waals surface area contributed by atoms with Gasteiger partial charge in [-0.1, -0.05) is 36.4 Å². The maximum Gasteiger partial charge on any atom is 0.150 e. The predicted molar refractivity (Wildman–Crippen MR) is 83.9 cm³/mol. The standard InChI is InChI=1S/C18H16N2O/c1-13-18(16-8-6-7-15(11-16)12-21)14(2)20(19-13)17-9-4-3-5-10-17/h3-12H,1-2H3. The summed E-state index contributed by atoms with van der Waals surface area (Å²) in [6.07, 6.45) is 0.871. The van der Waals surface area contributed by atoms with Crippen molar-refractivity contribution < 1.29 is 4.79 Å². The minimum atomic E-state index is 0.679. The molecule has 0 saturated heterocycles. The van der Waals surface area contributed by atoms with Gasteiger partial charge in [0.2, 0.25) is 0 Å². The summed E-state index contributed by atoms with van der Waals surface area (Å²) in [5.41, 5.74) is 5.86. The monoisotopic (exact) mass is 276 g/mol. The van der Waals surface area contributed by atoms with Gasteiger partial charge in [-0.05, 0) is 37.6 Å². The van der Waals surface area contributed by atoms with E-state index in [9.17, 15) is 4.79 Å². The molecule has 0 N–H and O–H groups in total. The number of benzene rings is 2. The average molecular weight is 276 g/mol. The Bertz CT molecular complexity index is 788. The quantitative estimate of drug-likeness (QED) is 0.678. The number of para-hydroxylation sites is 1. The molecule has 21 heavy (non-hydrogen) atoms. The Labute approximate surface area is 123 Å². The molecular weight excluding hydrogens is 260 g/mol. The molecule has 1 aromatic heterocycles. The summed E-state index contributed by atoms with van der Waals surface area (Å²) in [4.78, 5) is 11.0. The summed E-state index contributed by atoms with van der Waals surface area (Å²) in [5, 5.41) is 4.64. The summed E-state index contributed by atoms with van der Waals surface area (Å²) in [7, 11) is 0. The number of carbonyl (C=O) groups excluding carboxylic acids is 1. The van der Waals surface area contributed by atoms with Gasteiger partial charge in [-0.25, -0.2) is 4.68 Å². The molecule has 0 amide bonds. The Morgan fingerprint density at radius 3 is 2.48 bits per heavy atom. The van der Waals surface area contributed by atoms with Gasteiger partial charge in [0.1, 0.15) is 6.29 Å². The summed E-state index contributed by atoms with van der Waals surface area (Å²) in [6.45, 7) is 4.05. The van der Waals surface area contributed by atoms with Crippen molar-refractivity contribution in [2.45, 2.75) is 13.8 Å². The Morgan fingerprint density at radius 2 is 1.76 bits per heavy atom. The highest BCUT2D eigenvalue weighted by atomic mass is 16.1. The summed E-state index contributed by atoms with van der Waals surface area (Å²) < 4.78 is 1.94. The molecule has 3 nitrogen and oxygen atoms in total. The third-order valence-corrected chi connectivity index (χ3v) is 3.60. The number of nitrogens with zero attached hydrogens (tertiary/aromatic N) is 2. The largest absolute Gasteiger partial charge is 0.298 e. The summed E-state index contributed by atoms with van der Waals surface area (Å²) in [6, 6.07) is 17.7. The second-order valence-electron chi connectivity index (χ2n) is 5.04. The highest BCUT2D eigenvalue weighted by Crippen LogP contribution is 2.28. The lowest BCUT2D eigenvalue weighted by Gasteiger charge is -2.06. The van der Waals surface area contributed by atoms with E-state index < -0.39 is 0 Å². The van der Waals surface area contributed by atoms with E-state index in [1.165, 1.54) is 0 Å². The molecule has 0 radical (unpaired) electrons. The number of aryl methyl sites for hydroxylation is 1. The summed E-state index contributed by atoms with van der Waals surface area (Å²) in [5.74, 6) is 0. The molecule has 3 rings (SSSR count). The lowest BCUT2D eigenvalue weighted by molar-refractivity contribution is 0.112. The maximum absolute atomic E-state index is 11.0.